The highest BCUT2D eigenvalue weighted by Gasteiger charge is 2.43. The van der Waals surface area contributed by atoms with E-state index in [0.717, 1.165) is 25.0 Å². The summed E-state index contributed by atoms with van der Waals surface area (Å²) in [5.74, 6) is -3.41. The number of rotatable bonds is 9. The minimum Gasteiger partial charge on any atom is -0.371 e. The van der Waals surface area contributed by atoms with Crippen molar-refractivity contribution in [2.75, 3.05) is 29.2 Å². The summed E-state index contributed by atoms with van der Waals surface area (Å²) in [5.41, 5.74) is -0.449. The van der Waals surface area contributed by atoms with Crippen LogP contribution in [0, 0.1) is 29.3 Å². The van der Waals surface area contributed by atoms with E-state index in [4.69, 9.17) is 11.6 Å². The van der Waals surface area contributed by atoms with Gasteiger partial charge in [-0.1, -0.05) is 12.5 Å². The van der Waals surface area contributed by atoms with E-state index >= 15 is 0 Å². The molecule has 1 aliphatic carbocycles. The Hall–Kier alpha value is -3.02. The Morgan fingerprint density at radius 2 is 1.79 bits per heavy atom. The first-order valence-electron chi connectivity index (χ1n) is 12.8. The molecule has 2 aliphatic rings. The summed E-state index contributed by atoms with van der Waals surface area (Å²) in [4.78, 5) is 9.94. The minimum absolute atomic E-state index is 0.00326. The summed E-state index contributed by atoms with van der Waals surface area (Å²) in [7, 11) is 0. The molecule has 2 bridgehead atoms. The quantitative estimate of drug-likeness (QED) is 0.132. The number of benzene rings is 1. The van der Waals surface area contributed by atoms with E-state index in [9.17, 15) is 26.3 Å². The third kappa shape index (κ3) is 5.80. The molecule has 210 valence electrons. The zero-order chi connectivity index (χ0) is 27.7. The lowest BCUT2D eigenvalue weighted by Gasteiger charge is -2.39. The van der Waals surface area contributed by atoms with Crippen LogP contribution >= 0.6 is 11.6 Å². The molecule has 2 N–H and O–H groups in total. The summed E-state index contributed by atoms with van der Waals surface area (Å²) >= 11 is 5.79. The van der Waals surface area contributed by atoms with Gasteiger partial charge in [-0.25, -0.2) is 13.2 Å². The van der Waals surface area contributed by atoms with E-state index in [-0.39, 0.29) is 23.4 Å². The third-order valence-corrected chi connectivity index (χ3v) is 7.95. The molecule has 1 saturated heterocycles. The predicted molar refractivity (Wildman–Crippen MR) is 134 cm³/mol. The van der Waals surface area contributed by atoms with Gasteiger partial charge in [-0.05, 0) is 55.7 Å². The predicted octanol–water partition coefficient (Wildman–Crippen LogP) is 6.50. The fourth-order valence-electron chi connectivity index (χ4n) is 5.78. The van der Waals surface area contributed by atoms with Gasteiger partial charge in [0.05, 0.1) is 0 Å². The number of unbranched alkanes of at least 4 members (excludes halogenated alkanes) is 1. The van der Waals surface area contributed by atoms with Crippen molar-refractivity contribution in [1.29, 1.82) is 0 Å². The van der Waals surface area contributed by atoms with Crippen molar-refractivity contribution in [2.45, 2.75) is 50.2 Å². The molecule has 3 heterocycles. The summed E-state index contributed by atoms with van der Waals surface area (Å²) in [6, 6.07) is 4.78. The first-order valence-corrected chi connectivity index (χ1v) is 13.4. The Labute approximate surface area is 226 Å². The maximum atomic E-state index is 14.7. The lowest BCUT2D eigenvalue weighted by molar-refractivity contribution is -0.141. The second kappa shape index (κ2) is 11.2. The van der Waals surface area contributed by atoms with E-state index in [2.05, 4.69) is 25.5 Å². The number of hydrogen-bond donors (Lipinski definition) is 2. The van der Waals surface area contributed by atoms with Gasteiger partial charge in [-0.2, -0.15) is 18.2 Å². The van der Waals surface area contributed by atoms with Crippen LogP contribution in [-0.2, 0) is 6.18 Å². The van der Waals surface area contributed by atoms with Crippen molar-refractivity contribution in [3.05, 3.63) is 65.0 Å². The van der Waals surface area contributed by atoms with Gasteiger partial charge >= 0.3 is 6.18 Å². The van der Waals surface area contributed by atoms with Crippen LogP contribution in [0.1, 0.15) is 55.1 Å². The summed E-state index contributed by atoms with van der Waals surface area (Å²) in [6.07, 6.45) is 0.138. The molecule has 0 amide bonds. The Morgan fingerprint density at radius 3 is 2.49 bits per heavy atom. The molecule has 2 fully saturated rings. The molecule has 2 aromatic heterocycles. The molecule has 0 radical (unpaired) electrons. The number of nitrogens with zero attached hydrogens (tertiary/aromatic N) is 4. The number of piperidine rings is 1. The van der Waals surface area contributed by atoms with Crippen molar-refractivity contribution < 1.29 is 26.3 Å². The molecule has 13 heteroatoms. The Balaban J connectivity index is 1.31. The molecule has 1 saturated carbocycles. The van der Waals surface area contributed by atoms with Crippen molar-refractivity contribution in [2.24, 2.45) is 11.8 Å². The van der Waals surface area contributed by atoms with Crippen molar-refractivity contribution in [3.63, 3.8) is 0 Å². The van der Waals surface area contributed by atoms with Crippen LogP contribution in [0.15, 0.2) is 30.5 Å². The molecule has 3 atom stereocenters. The van der Waals surface area contributed by atoms with Crippen LogP contribution in [0.5, 0.6) is 0 Å². The fourth-order valence-corrected chi connectivity index (χ4v) is 5.97. The van der Waals surface area contributed by atoms with Crippen LogP contribution in [0.25, 0.3) is 0 Å². The standard InChI is InChI=1S/C26H27ClF6N6/c27-9-2-1-3-18(17-6-7-19(28)22(30)21(17)29)24-36-25(38-37-24)35-23-14-4-5-15(23)13-39(12-14)16-8-10-34-20(11-16)26(31,32)33/h6-8,10-11,14-15,18,23H,1-5,9,12-13H2,(H2,35,36,37,38). The molecule has 1 aromatic carbocycles. The average molecular weight is 573 g/mol. The van der Waals surface area contributed by atoms with E-state index in [0.29, 0.717) is 55.7 Å². The highest BCUT2D eigenvalue weighted by molar-refractivity contribution is 6.17. The zero-order valence-corrected chi connectivity index (χ0v) is 21.5. The molecule has 3 aromatic rings. The van der Waals surface area contributed by atoms with Gasteiger partial charge in [0.2, 0.25) is 5.95 Å². The number of aromatic amines is 1. The van der Waals surface area contributed by atoms with Gasteiger partial charge in [0.25, 0.3) is 0 Å². The molecule has 3 unspecified atom stereocenters. The van der Waals surface area contributed by atoms with E-state index in [1.165, 1.54) is 12.3 Å². The third-order valence-electron chi connectivity index (χ3n) is 7.68. The Kier molecular flexibility index (Phi) is 7.93. The molecule has 6 nitrogen and oxygen atoms in total. The SMILES string of the molecule is Fc1ccc(C(CCCCCl)c2nc(NC3C4CCC3CN(c3ccnc(C(F)(F)F)c3)C4)n[nH]2)c(F)c1F. The van der Waals surface area contributed by atoms with Gasteiger partial charge in [0, 0.05) is 48.4 Å². The number of halogens is 7. The number of alkyl halides is 4. The Morgan fingerprint density at radius 1 is 1.05 bits per heavy atom. The molecule has 0 spiro atoms. The van der Waals surface area contributed by atoms with E-state index in [1.807, 2.05) is 4.90 Å². The molecule has 39 heavy (non-hydrogen) atoms. The van der Waals surface area contributed by atoms with E-state index in [1.54, 1.807) is 6.07 Å². The molecule has 5 rings (SSSR count). The van der Waals surface area contributed by atoms with Crippen LogP contribution < -0.4 is 10.2 Å². The molecule has 1 aliphatic heterocycles. The van der Waals surface area contributed by atoms with Gasteiger partial charge in [0.1, 0.15) is 11.5 Å². The summed E-state index contributed by atoms with van der Waals surface area (Å²) < 4.78 is 81.7. The number of pyridine rings is 1. The van der Waals surface area contributed by atoms with Crippen LogP contribution in [0.3, 0.4) is 0 Å². The highest BCUT2D eigenvalue weighted by Crippen LogP contribution is 2.41. The smallest absolute Gasteiger partial charge is 0.371 e. The van der Waals surface area contributed by atoms with Crippen molar-refractivity contribution in [3.8, 4) is 0 Å². The van der Waals surface area contributed by atoms with Crippen LogP contribution in [-0.4, -0.2) is 45.2 Å². The fraction of sp³-hybridized carbons (Fsp3) is 0.500. The maximum absolute atomic E-state index is 14.7. The number of H-pyrrole nitrogens is 1. The number of anilines is 2. The lowest BCUT2D eigenvalue weighted by atomic mass is 9.91. The minimum atomic E-state index is -4.51. The van der Waals surface area contributed by atoms with Gasteiger partial charge in [0.15, 0.2) is 17.5 Å². The average Bonchev–Trinajstić information content (AvgIpc) is 3.45. The van der Waals surface area contributed by atoms with Crippen LogP contribution in [0.4, 0.5) is 38.0 Å². The lowest BCUT2D eigenvalue weighted by Crippen LogP contribution is -2.48. The van der Waals surface area contributed by atoms with Crippen molar-refractivity contribution >= 4 is 23.2 Å². The van der Waals surface area contributed by atoms with Gasteiger partial charge < -0.3 is 10.2 Å². The number of aromatic nitrogens is 4. The topological polar surface area (TPSA) is 69.7 Å². The summed E-state index contributed by atoms with van der Waals surface area (Å²) in [5, 5.41) is 10.4. The molecular formula is C26H27ClF6N6. The first kappa shape index (κ1) is 27.5. The normalized spacial score (nSPS) is 21.8. The van der Waals surface area contributed by atoms with Crippen molar-refractivity contribution in [1.82, 2.24) is 20.2 Å². The zero-order valence-electron chi connectivity index (χ0n) is 20.8. The number of nitrogens with one attached hydrogen (secondary N) is 2. The number of fused-ring (bicyclic) bond motifs is 2. The number of hydrogen-bond acceptors (Lipinski definition) is 5. The van der Waals surface area contributed by atoms with Gasteiger partial charge in [-0.3, -0.25) is 10.1 Å². The Bertz CT molecular complexity index is 1290. The first-order chi connectivity index (χ1) is 18.7. The maximum Gasteiger partial charge on any atom is 0.433 e. The second-order valence-electron chi connectivity index (χ2n) is 10.1. The van der Waals surface area contributed by atoms with Crippen LogP contribution in [0.2, 0.25) is 0 Å². The monoisotopic (exact) mass is 572 g/mol. The largest absolute Gasteiger partial charge is 0.433 e. The van der Waals surface area contributed by atoms with Gasteiger partial charge in [-0.15, -0.1) is 16.7 Å². The highest BCUT2D eigenvalue weighted by atomic mass is 35.5. The van der Waals surface area contributed by atoms with E-state index < -0.39 is 35.2 Å². The second-order valence-corrected chi connectivity index (χ2v) is 10.5. The molecular weight excluding hydrogens is 546 g/mol. The summed E-state index contributed by atoms with van der Waals surface area (Å²) in [6.45, 7) is 1.13.